The van der Waals surface area contributed by atoms with Gasteiger partial charge in [0.1, 0.15) is 5.65 Å². The van der Waals surface area contributed by atoms with E-state index in [4.69, 9.17) is 19.1 Å². The predicted octanol–water partition coefficient (Wildman–Crippen LogP) is 6.17. The average Bonchev–Trinajstić information content (AvgIpc) is 3.29. The van der Waals surface area contributed by atoms with Gasteiger partial charge in [-0.25, -0.2) is 9.97 Å². The molecule has 4 rings (SSSR count). The Hall–Kier alpha value is -3.30. The van der Waals surface area contributed by atoms with E-state index in [-0.39, 0.29) is 5.04 Å². The molecule has 9 heteroatoms. The van der Waals surface area contributed by atoms with Crippen molar-refractivity contribution < 1.29 is 9.16 Å². The first-order valence-corrected chi connectivity index (χ1v) is 16.0. The van der Waals surface area contributed by atoms with Crippen LogP contribution in [0.3, 0.4) is 0 Å². The fourth-order valence-corrected chi connectivity index (χ4v) is 5.20. The molecule has 1 N–H and O–H groups in total. The summed E-state index contributed by atoms with van der Waals surface area (Å²) in [6.45, 7) is 14.9. The van der Waals surface area contributed by atoms with Crippen molar-refractivity contribution in [2.75, 3.05) is 32.2 Å². The fraction of sp³-hybridized carbons (Fsp3) is 0.448. The maximum Gasteiger partial charge on any atom is 0.228 e. The van der Waals surface area contributed by atoms with E-state index in [2.05, 4.69) is 60.9 Å². The zero-order valence-corrected chi connectivity index (χ0v) is 24.9. The molecule has 0 unspecified atom stereocenters. The van der Waals surface area contributed by atoms with Gasteiger partial charge in [0.15, 0.2) is 8.32 Å². The first-order chi connectivity index (χ1) is 18.0. The first kappa shape index (κ1) is 27.7. The Morgan fingerprint density at radius 1 is 1.05 bits per heavy atom. The van der Waals surface area contributed by atoms with Crippen LogP contribution in [0.5, 0.6) is 5.88 Å². The molecule has 0 aliphatic rings. The first-order valence-electron chi connectivity index (χ1n) is 13.1. The van der Waals surface area contributed by atoms with E-state index in [1.54, 1.807) is 19.5 Å². The van der Waals surface area contributed by atoms with Gasteiger partial charge in [0.25, 0.3) is 0 Å². The van der Waals surface area contributed by atoms with E-state index < -0.39 is 8.32 Å². The van der Waals surface area contributed by atoms with Gasteiger partial charge in [0.05, 0.1) is 18.4 Å². The quantitative estimate of drug-likeness (QED) is 0.193. The SMILES string of the molecule is COc1nc(N(C)CCCO[Si](C)(C)C(C)(C)C)ncc1-c1ccc(Cc2c[nH]c3ncccc23)c(C)n1. The summed E-state index contributed by atoms with van der Waals surface area (Å²) in [5.41, 5.74) is 5.80. The Labute approximate surface area is 227 Å². The van der Waals surface area contributed by atoms with Crippen LogP contribution in [0.25, 0.3) is 22.3 Å². The molecule has 4 aromatic heterocycles. The number of hydrogen-bond acceptors (Lipinski definition) is 7. The number of aromatic amines is 1. The molecule has 0 atom stereocenters. The molecular weight excluding hydrogens is 492 g/mol. The lowest BCUT2D eigenvalue weighted by Gasteiger charge is -2.36. The summed E-state index contributed by atoms with van der Waals surface area (Å²) in [7, 11) is 1.90. The van der Waals surface area contributed by atoms with E-state index in [1.807, 2.05) is 37.2 Å². The highest BCUT2D eigenvalue weighted by atomic mass is 28.4. The summed E-state index contributed by atoms with van der Waals surface area (Å²) < 4.78 is 12.0. The standard InChI is InChI=1S/C29H40N6O2Si/c1-20-21(17-22-18-31-26-23(22)11-9-14-30-26)12-13-25(33-20)24-19-32-28(34-27(24)36-6)35(5)15-10-16-37-38(7,8)29(2,3)4/h9,11-14,18-19H,10,15-17H2,1-8H3,(H,30,31). The van der Waals surface area contributed by atoms with Crippen LogP contribution in [0.4, 0.5) is 5.95 Å². The highest BCUT2D eigenvalue weighted by Crippen LogP contribution is 2.36. The van der Waals surface area contributed by atoms with Crippen molar-refractivity contribution in [3.63, 3.8) is 0 Å². The highest BCUT2D eigenvalue weighted by molar-refractivity contribution is 6.74. The minimum atomic E-state index is -1.74. The smallest absolute Gasteiger partial charge is 0.228 e. The number of rotatable bonds is 10. The Morgan fingerprint density at radius 3 is 2.55 bits per heavy atom. The summed E-state index contributed by atoms with van der Waals surface area (Å²) in [6.07, 6.45) is 7.31. The molecular formula is C29H40N6O2Si. The maximum atomic E-state index is 6.31. The molecule has 0 radical (unpaired) electrons. The molecule has 0 aromatic carbocycles. The number of H-pyrrole nitrogens is 1. The molecule has 0 amide bonds. The largest absolute Gasteiger partial charge is 0.480 e. The normalized spacial score (nSPS) is 12.2. The van der Waals surface area contributed by atoms with Crippen LogP contribution in [0.1, 0.15) is 44.0 Å². The second-order valence-corrected chi connectivity index (χ2v) is 16.1. The van der Waals surface area contributed by atoms with E-state index in [0.29, 0.717) is 11.8 Å². The number of methoxy groups -OCH3 is 1. The zero-order chi connectivity index (χ0) is 27.5. The van der Waals surface area contributed by atoms with Crippen molar-refractivity contribution in [1.29, 1.82) is 0 Å². The van der Waals surface area contributed by atoms with Gasteiger partial charge < -0.3 is 19.0 Å². The van der Waals surface area contributed by atoms with Crippen LogP contribution in [-0.2, 0) is 10.8 Å². The van der Waals surface area contributed by atoms with Crippen LogP contribution in [0, 0.1) is 6.92 Å². The molecule has 38 heavy (non-hydrogen) atoms. The summed E-state index contributed by atoms with van der Waals surface area (Å²) >= 11 is 0. The van der Waals surface area contributed by atoms with Crippen LogP contribution in [-0.4, -0.2) is 60.5 Å². The predicted molar refractivity (Wildman–Crippen MR) is 156 cm³/mol. The molecule has 8 nitrogen and oxygen atoms in total. The van der Waals surface area contributed by atoms with E-state index in [9.17, 15) is 0 Å². The molecule has 4 aromatic rings. The lowest BCUT2D eigenvalue weighted by Crippen LogP contribution is -2.41. The molecule has 0 bridgehead atoms. The van der Waals surface area contributed by atoms with Crippen LogP contribution in [0.15, 0.2) is 42.9 Å². The second kappa shape index (κ2) is 11.2. The lowest BCUT2D eigenvalue weighted by molar-refractivity contribution is 0.284. The van der Waals surface area contributed by atoms with Gasteiger partial charge in [0, 0.05) is 56.3 Å². The number of ether oxygens (including phenoxy) is 1. The molecule has 0 fully saturated rings. The van der Waals surface area contributed by atoms with Crippen LogP contribution in [0.2, 0.25) is 18.1 Å². The fourth-order valence-electron chi connectivity index (χ4n) is 4.11. The Kier molecular flexibility index (Phi) is 8.18. The van der Waals surface area contributed by atoms with E-state index in [1.165, 1.54) is 5.56 Å². The molecule has 0 spiro atoms. The van der Waals surface area contributed by atoms with E-state index in [0.717, 1.165) is 59.5 Å². The molecule has 0 saturated carbocycles. The molecule has 0 aliphatic heterocycles. The van der Waals surface area contributed by atoms with Gasteiger partial charge in [-0.05, 0) is 60.8 Å². The maximum absolute atomic E-state index is 6.31. The van der Waals surface area contributed by atoms with Gasteiger partial charge >= 0.3 is 0 Å². The summed E-state index contributed by atoms with van der Waals surface area (Å²) in [5.74, 6) is 1.14. The third kappa shape index (κ3) is 6.05. The number of anilines is 1. The molecule has 4 heterocycles. The number of aryl methyl sites for hydroxylation is 1. The summed E-state index contributed by atoms with van der Waals surface area (Å²) in [5, 5.41) is 1.35. The van der Waals surface area contributed by atoms with Crippen molar-refractivity contribution in [2.45, 2.75) is 58.7 Å². The second-order valence-electron chi connectivity index (χ2n) is 11.3. The van der Waals surface area contributed by atoms with Gasteiger partial charge in [-0.2, -0.15) is 4.98 Å². The highest BCUT2D eigenvalue weighted by Gasteiger charge is 2.36. The van der Waals surface area contributed by atoms with Crippen LogP contribution >= 0.6 is 0 Å². The third-order valence-electron chi connectivity index (χ3n) is 7.57. The topological polar surface area (TPSA) is 89.0 Å². The number of fused-ring (bicyclic) bond motifs is 1. The van der Waals surface area contributed by atoms with Crippen molar-refractivity contribution in [2.24, 2.45) is 0 Å². The lowest BCUT2D eigenvalue weighted by atomic mass is 10.0. The number of pyridine rings is 2. The Morgan fingerprint density at radius 2 is 1.84 bits per heavy atom. The van der Waals surface area contributed by atoms with Crippen molar-refractivity contribution in [1.82, 2.24) is 24.9 Å². The number of nitrogens with one attached hydrogen (secondary N) is 1. The molecule has 0 saturated heterocycles. The number of hydrogen-bond donors (Lipinski definition) is 1. The average molecular weight is 533 g/mol. The van der Waals surface area contributed by atoms with Crippen molar-refractivity contribution in [3.05, 3.63) is 59.7 Å². The summed E-state index contributed by atoms with van der Waals surface area (Å²) in [4.78, 5) is 23.9. The van der Waals surface area contributed by atoms with Gasteiger partial charge in [0.2, 0.25) is 11.8 Å². The minimum Gasteiger partial charge on any atom is -0.480 e. The Balaban J connectivity index is 1.44. The molecule has 0 aliphatic carbocycles. The minimum absolute atomic E-state index is 0.212. The number of aromatic nitrogens is 5. The van der Waals surface area contributed by atoms with Gasteiger partial charge in [-0.1, -0.05) is 26.8 Å². The van der Waals surface area contributed by atoms with Crippen LogP contribution < -0.4 is 9.64 Å². The third-order valence-corrected chi connectivity index (χ3v) is 12.1. The molecule has 202 valence electrons. The Bertz CT molecular complexity index is 1400. The van der Waals surface area contributed by atoms with E-state index >= 15 is 0 Å². The van der Waals surface area contributed by atoms with Crippen molar-refractivity contribution in [3.8, 4) is 17.1 Å². The van der Waals surface area contributed by atoms with Crippen molar-refractivity contribution >= 4 is 25.3 Å². The van der Waals surface area contributed by atoms with Gasteiger partial charge in [-0.15, -0.1) is 0 Å². The van der Waals surface area contributed by atoms with Gasteiger partial charge in [-0.3, -0.25) is 4.98 Å². The monoisotopic (exact) mass is 532 g/mol. The summed E-state index contributed by atoms with van der Waals surface area (Å²) in [6, 6.07) is 8.19. The number of nitrogens with zero attached hydrogens (tertiary/aromatic N) is 5. The zero-order valence-electron chi connectivity index (χ0n) is 23.9.